The molecule has 2 atom stereocenters. The van der Waals surface area contributed by atoms with Crippen molar-refractivity contribution >= 4 is 41.7 Å². The lowest BCUT2D eigenvalue weighted by Crippen LogP contribution is -2.47. The first-order valence-electron chi connectivity index (χ1n) is 14.0. The Morgan fingerprint density at radius 3 is 2.45 bits per heavy atom. The first kappa shape index (κ1) is 27.3. The van der Waals surface area contributed by atoms with Gasteiger partial charge in [0.15, 0.2) is 11.9 Å². The van der Waals surface area contributed by atoms with Crippen molar-refractivity contribution in [3.05, 3.63) is 114 Å². The third-order valence-corrected chi connectivity index (χ3v) is 9.32. The maximum Gasteiger partial charge on any atom is 0.218 e. The Balaban J connectivity index is 1.66. The number of pyridine rings is 1. The molecule has 0 saturated carbocycles. The summed E-state index contributed by atoms with van der Waals surface area (Å²) in [6.07, 6.45) is 8.97. The summed E-state index contributed by atoms with van der Waals surface area (Å²) >= 11 is 0. The highest BCUT2D eigenvalue weighted by molar-refractivity contribution is 5.86. The van der Waals surface area contributed by atoms with E-state index in [1.807, 2.05) is 0 Å². The van der Waals surface area contributed by atoms with E-state index in [-0.39, 0.29) is 5.41 Å². The van der Waals surface area contributed by atoms with Crippen LogP contribution in [0.4, 0.5) is 0 Å². The van der Waals surface area contributed by atoms with Gasteiger partial charge in [-0.1, -0.05) is 68.1 Å². The number of hydrogen-bond acceptors (Lipinski definition) is 1. The van der Waals surface area contributed by atoms with Gasteiger partial charge in [-0.3, -0.25) is 4.99 Å². The second kappa shape index (κ2) is 10.4. The molecule has 0 bridgehead atoms. The van der Waals surface area contributed by atoms with Crippen LogP contribution >= 0.6 is 0 Å². The van der Waals surface area contributed by atoms with E-state index in [0.29, 0.717) is 6.42 Å². The van der Waals surface area contributed by atoms with E-state index in [1.54, 1.807) is 0 Å². The van der Waals surface area contributed by atoms with E-state index in [1.165, 1.54) is 22.1 Å². The highest BCUT2D eigenvalue weighted by atomic mass is 15.0. The minimum absolute atomic E-state index is 0.315. The minimum Gasteiger partial charge on any atom is -0.310 e. The summed E-state index contributed by atoms with van der Waals surface area (Å²) in [5.74, 6) is 0. The van der Waals surface area contributed by atoms with Gasteiger partial charge in [0.25, 0.3) is 0 Å². The van der Waals surface area contributed by atoms with Crippen molar-refractivity contribution in [2.75, 3.05) is 0 Å². The molecule has 2 aromatic heterocycles. The molecule has 0 N–H and O–H groups in total. The molecule has 202 valence electrons. The van der Waals surface area contributed by atoms with Gasteiger partial charge in [-0.05, 0) is 76.7 Å². The number of hydrogen-bond donors (Lipinski definition) is 0. The molecule has 1 aliphatic heterocycles. The van der Waals surface area contributed by atoms with Crippen LogP contribution in [0.25, 0.3) is 46.2 Å². The number of aromatic nitrogens is 2. The summed E-state index contributed by atoms with van der Waals surface area (Å²) in [7, 11) is 0. The minimum atomic E-state index is -0.494. The summed E-state index contributed by atoms with van der Waals surface area (Å²) in [4.78, 5) is 4.85. The van der Waals surface area contributed by atoms with Crippen molar-refractivity contribution in [3.8, 4) is 11.3 Å². The number of benzene rings is 2. The van der Waals surface area contributed by atoms with Crippen molar-refractivity contribution < 1.29 is 4.57 Å². The Morgan fingerprint density at radius 2 is 1.70 bits per heavy atom. The number of rotatable bonds is 4. The van der Waals surface area contributed by atoms with Gasteiger partial charge in [-0.2, -0.15) is 4.57 Å². The molecule has 3 heterocycles. The summed E-state index contributed by atoms with van der Waals surface area (Å²) in [6.45, 7) is 26.5. The molecule has 40 heavy (non-hydrogen) atoms. The molecule has 5 rings (SSSR count). The normalized spacial score (nSPS) is 22.1. The first-order chi connectivity index (χ1) is 19.1. The number of para-hydroxylation sites is 1. The Kier molecular flexibility index (Phi) is 7.10. The van der Waals surface area contributed by atoms with Crippen molar-refractivity contribution in [2.24, 2.45) is 10.4 Å². The van der Waals surface area contributed by atoms with Gasteiger partial charge in [0.1, 0.15) is 0 Å². The van der Waals surface area contributed by atoms with Gasteiger partial charge in [0.05, 0.1) is 17.5 Å². The molecule has 0 spiro atoms. The van der Waals surface area contributed by atoms with Crippen molar-refractivity contribution in [2.45, 2.75) is 52.5 Å². The monoisotopic (exact) mass is 526 g/mol. The molecule has 4 aromatic rings. The van der Waals surface area contributed by atoms with Gasteiger partial charge in [0, 0.05) is 44.8 Å². The maximum absolute atomic E-state index is 4.85. The second-order valence-electron chi connectivity index (χ2n) is 11.4. The molecule has 3 heteroatoms. The third kappa shape index (κ3) is 4.30. The topological polar surface area (TPSA) is 21.2 Å². The summed E-state index contributed by atoms with van der Waals surface area (Å²) in [6, 6.07) is 23.5. The lowest BCUT2D eigenvalue weighted by molar-refractivity contribution is -0.571. The smallest absolute Gasteiger partial charge is 0.218 e. The Bertz CT molecular complexity index is 1800. The Morgan fingerprint density at radius 1 is 1.00 bits per heavy atom. The lowest BCUT2D eigenvalue weighted by atomic mass is 9.62. The zero-order chi connectivity index (χ0) is 28.7. The summed E-state index contributed by atoms with van der Waals surface area (Å²) in [5, 5.41) is 3.29. The van der Waals surface area contributed by atoms with Crippen LogP contribution in [-0.2, 0) is 6.42 Å². The average molecular weight is 527 g/mol. The van der Waals surface area contributed by atoms with Crippen molar-refractivity contribution in [1.82, 2.24) is 4.57 Å². The summed E-state index contributed by atoms with van der Waals surface area (Å²) < 4.78 is 4.40. The van der Waals surface area contributed by atoms with Crippen LogP contribution in [-0.4, -0.2) is 16.8 Å². The Hall–Kier alpha value is -4.24. The van der Waals surface area contributed by atoms with E-state index in [4.69, 9.17) is 4.99 Å². The molecular weight excluding hydrogens is 486 g/mol. The quantitative estimate of drug-likeness (QED) is 0.152. The van der Waals surface area contributed by atoms with E-state index in [9.17, 15) is 0 Å². The number of fused-ring (bicyclic) bond motifs is 4. The number of allylic oxidation sites excluding steroid dienone is 2. The summed E-state index contributed by atoms with van der Waals surface area (Å²) in [5.41, 5.74) is 7.15. The molecular formula is C37H40N3+. The van der Waals surface area contributed by atoms with Gasteiger partial charge in [-0.25, -0.2) is 0 Å². The largest absolute Gasteiger partial charge is 0.310 e. The molecule has 1 aliphatic rings. The molecule has 0 radical (unpaired) electrons. The van der Waals surface area contributed by atoms with Crippen molar-refractivity contribution in [3.63, 3.8) is 0 Å². The van der Waals surface area contributed by atoms with Crippen LogP contribution in [0, 0.1) is 5.41 Å². The van der Waals surface area contributed by atoms with Gasteiger partial charge < -0.3 is 4.57 Å². The zero-order valence-electron chi connectivity index (χ0n) is 24.4. The molecule has 0 aliphatic carbocycles. The fourth-order valence-electron chi connectivity index (χ4n) is 6.55. The molecule has 2 unspecified atom stereocenters. The Labute approximate surface area is 238 Å². The molecule has 0 amide bonds. The first-order valence-corrected chi connectivity index (χ1v) is 14.0. The SMILES string of the molecule is C=NC1(C)CC(=C)[n+]2ccccc2-c2ccccc2CCC1(C)/C(C)=C/C(=C)n1c(=C)/c(=C\C)c2ccccc21. The number of nitrogens with zero attached hydrogens (tertiary/aromatic N) is 3. The van der Waals surface area contributed by atoms with E-state index < -0.39 is 5.54 Å². The molecule has 0 saturated heterocycles. The van der Waals surface area contributed by atoms with E-state index in [2.05, 4.69) is 148 Å². The fourth-order valence-corrected chi connectivity index (χ4v) is 6.55. The highest BCUT2D eigenvalue weighted by Gasteiger charge is 2.47. The molecule has 3 nitrogen and oxygen atoms in total. The molecule has 0 fully saturated rings. The second-order valence-corrected chi connectivity index (χ2v) is 11.4. The third-order valence-electron chi connectivity index (χ3n) is 9.32. The van der Waals surface area contributed by atoms with Crippen LogP contribution in [0.5, 0.6) is 0 Å². The molecule has 2 aromatic carbocycles. The van der Waals surface area contributed by atoms with Crippen LogP contribution in [0.2, 0.25) is 0 Å². The predicted octanol–water partition coefficient (Wildman–Crippen LogP) is 7.20. The standard InChI is InChI=1S/C37H40N3/c1-9-31-29(5)40(35-20-13-12-18-33(31)35)27(3)24-26(2)36(6)22-21-30-16-10-11-17-32(30)34-19-14-15-23-39(34)28(4)25-37(36,7)38-8/h9-20,23-24H,3-5,8,21-22,25H2,1-2,6-7H3/q+1/b26-24+,31-9+. The maximum atomic E-state index is 4.85. The zero-order valence-corrected chi connectivity index (χ0v) is 24.4. The average Bonchev–Trinajstić information content (AvgIpc) is 3.26. The number of aliphatic imine (C=N–C) groups is 1. The van der Waals surface area contributed by atoms with Crippen LogP contribution in [0.1, 0.15) is 46.1 Å². The van der Waals surface area contributed by atoms with Gasteiger partial charge in [0.2, 0.25) is 5.69 Å². The number of aryl methyl sites for hydroxylation is 1. The predicted molar refractivity (Wildman–Crippen MR) is 172 cm³/mol. The fraction of sp³-hybridized carbons (Fsp3) is 0.243. The van der Waals surface area contributed by atoms with E-state index in [0.717, 1.165) is 46.0 Å². The highest BCUT2D eigenvalue weighted by Crippen LogP contribution is 2.49. The van der Waals surface area contributed by atoms with Crippen LogP contribution in [0.3, 0.4) is 0 Å². The van der Waals surface area contributed by atoms with Crippen LogP contribution in [0.15, 0.2) is 103 Å². The van der Waals surface area contributed by atoms with Gasteiger partial charge in [-0.15, -0.1) is 0 Å². The van der Waals surface area contributed by atoms with Crippen LogP contribution < -0.4 is 15.1 Å². The lowest BCUT2D eigenvalue weighted by Gasteiger charge is -2.45. The van der Waals surface area contributed by atoms with Gasteiger partial charge >= 0.3 is 0 Å². The van der Waals surface area contributed by atoms with E-state index >= 15 is 0 Å². The van der Waals surface area contributed by atoms with Crippen molar-refractivity contribution in [1.29, 1.82) is 0 Å².